The van der Waals surface area contributed by atoms with Gasteiger partial charge in [0.1, 0.15) is 0 Å². The number of rotatable bonds is 3. The summed E-state index contributed by atoms with van der Waals surface area (Å²) in [6.07, 6.45) is 5.16. The number of carbonyl (C=O) groups excluding carboxylic acids is 1. The van der Waals surface area contributed by atoms with E-state index in [0.717, 1.165) is 37.1 Å². The molecule has 3 rings (SSSR count). The zero-order valence-electron chi connectivity index (χ0n) is 11.6. The highest BCUT2D eigenvalue weighted by Gasteiger charge is 2.34. The van der Waals surface area contributed by atoms with Gasteiger partial charge in [-0.25, -0.2) is 0 Å². The summed E-state index contributed by atoms with van der Waals surface area (Å²) in [5, 5.41) is 4.00. The molecular weight excluding hydrogens is 272 g/mol. The Morgan fingerprint density at radius 2 is 2.20 bits per heavy atom. The van der Waals surface area contributed by atoms with Gasteiger partial charge in [-0.1, -0.05) is 24.1 Å². The second-order valence-electron chi connectivity index (χ2n) is 5.98. The Bertz CT molecular complexity index is 517. The number of hydrogen-bond acceptors (Lipinski definition) is 2. The van der Waals surface area contributed by atoms with Gasteiger partial charge in [0.2, 0.25) is 5.91 Å². The van der Waals surface area contributed by atoms with Crippen LogP contribution in [0.1, 0.15) is 42.9 Å². The van der Waals surface area contributed by atoms with Crippen LogP contribution in [0.15, 0.2) is 18.2 Å². The maximum Gasteiger partial charge on any atom is 0.223 e. The third kappa shape index (κ3) is 2.57. The lowest BCUT2D eigenvalue weighted by molar-refractivity contribution is -0.126. The zero-order chi connectivity index (χ0) is 14.1. The van der Waals surface area contributed by atoms with E-state index in [9.17, 15) is 4.79 Å². The first-order chi connectivity index (χ1) is 9.69. The second kappa shape index (κ2) is 5.74. The molecule has 0 heterocycles. The number of amides is 1. The molecule has 3 nitrogen and oxygen atoms in total. The minimum absolute atomic E-state index is 0.108. The molecule has 0 bridgehead atoms. The standard InChI is InChI=1S/C16H21ClN2O/c17-12-5-6-13-10(8-12)4-7-15(13)19-16(20)14-3-1-2-11(14)9-18/h5-6,8,11,14-15H,1-4,7,9,18H2,(H,19,20)/t11-,14-,15?/m1/s1. The molecular formula is C16H21ClN2O. The van der Waals surface area contributed by atoms with Gasteiger partial charge in [-0.2, -0.15) is 0 Å². The Morgan fingerprint density at radius 3 is 3.00 bits per heavy atom. The van der Waals surface area contributed by atoms with Gasteiger partial charge in [-0.3, -0.25) is 4.79 Å². The number of nitrogens with one attached hydrogen (secondary N) is 1. The third-order valence-corrected chi connectivity index (χ3v) is 5.03. The van der Waals surface area contributed by atoms with Gasteiger partial charge >= 0.3 is 0 Å². The minimum Gasteiger partial charge on any atom is -0.349 e. The van der Waals surface area contributed by atoms with Crippen LogP contribution in [0.5, 0.6) is 0 Å². The Balaban J connectivity index is 1.69. The van der Waals surface area contributed by atoms with Crippen LogP contribution in [-0.2, 0) is 11.2 Å². The smallest absolute Gasteiger partial charge is 0.223 e. The Hall–Kier alpha value is -1.06. The van der Waals surface area contributed by atoms with Crippen LogP contribution >= 0.6 is 11.6 Å². The maximum atomic E-state index is 12.5. The molecule has 108 valence electrons. The highest BCUT2D eigenvalue weighted by Crippen LogP contribution is 2.35. The predicted octanol–water partition coefficient (Wildman–Crippen LogP) is 2.82. The normalized spacial score (nSPS) is 28.4. The monoisotopic (exact) mass is 292 g/mol. The number of hydrogen-bond donors (Lipinski definition) is 2. The van der Waals surface area contributed by atoms with E-state index in [-0.39, 0.29) is 17.9 Å². The van der Waals surface area contributed by atoms with Gasteiger partial charge < -0.3 is 11.1 Å². The highest BCUT2D eigenvalue weighted by atomic mass is 35.5. The molecule has 3 atom stereocenters. The molecule has 0 saturated heterocycles. The molecule has 2 aliphatic rings. The number of benzene rings is 1. The summed E-state index contributed by atoms with van der Waals surface area (Å²) < 4.78 is 0. The van der Waals surface area contributed by atoms with Crippen LogP contribution in [0, 0.1) is 11.8 Å². The fraction of sp³-hybridized carbons (Fsp3) is 0.562. The summed E-state index contributed by atoms with van der Waals surface area (Å²) in [5.41, 5.74) is 8.26. The van der Waals surface area contributed by atoms with Gasteiger partial charge in [0.25, 0.3) is 0 Å². The average molecular weight is 293 g/mol. The Morgan fingerprint density at radius 1 is 1.35 bits per heavy atom. The first kappa shape index (κ1) is 13.9. The summed E-state index contributed by atoms with van der Waals surface area (Å²) in [7, 11) is 0. The van der Waals surface area contributed by atoms with Crippen molar-refractivity contribution in [1.29, 1.82) is 0 Å². The van der Waals surface area contributed by atoms with E-state index in [1.807, 2.05) is 18.2 Å². The van der Waals surface area contributed by atoms with Crippen LogP contribution in [-0.4, -0.2) is 12.5 Å². The first-order valence-electron chi connectivity index (χ1n) is 7.48. The molecule has 0 aliphatic heterocycles. The van der Waals surface area contributed by atoms with Gasteiger partial charge in [0, 0.05) is 10.9 Å². The molecule has 1 aromatic carbocycles. The predicted molar refractivity (Wildman–Crippen MR) is 80.5 cm³/mol. The van der Waals surface area contributed by atoms with Gasteiger partial charge in [-0.15, -0.1) is 0 Å². The van der Waals surface area contributed by atoms with E-state index in [1.54, 1.807) is 0 Å². The van der Waals surface area contributed by atoms with Crippen molar-refractivity contribution in [1.82, 2.24) is 5.32 Å². The van der Waals surface area contributed by atoms with Crippen molar-refractivity contribution in [2.75, 3.05) is 6.54 Å². The van der Waals surface area contributed by atoms with E-state index in [2.05, 4.69) is 5.32 Å². The second-order valence-corrected chi connectivity index (χ2v) is 6.41. The Kier molecular flexibility index (Phi) is 3.99. The number of aryl methyl sites for hydroxylation is 1. The summed E-state index contributed by atoms with van der Waals surface area (Å²) in [4.78, 5) is 12.5. The van der Waals surface area contributed by atoms with Crippen LogP contribution in [0.2, 0.25) is 5.02 Å². The average Bonchev–Trinajstić information content (AvgIpc) is 3.05. The topological polar surface area (TPSA) is 55.1 Å². The van der Waals surface area contributed by atoms with Crippen molar-refractivity contribution in [3.63, 3.8) is 0 Å². The van der Waals surface area contributed by atoms with Crippen LogP contribution in [0.25, 0.3) is 0 Å². The van der Waals surface area contributed by atoms with Gasteiger partial charge in [0.15, 0.2) is 0 Å². The van der Waals surface area contributed by atoms with Crippen molar-refractivity contribution in [2.24, 2.45) is 17.6 Å². The summed E-state index contributed by atoms with van der Waals surface area (Å²) in [5.74, 6) is 0.656. The van der Waals surface area contributed by atoms with E-state index in [1.165, 1.54) is 11.1 Å². The lowest BCUT2D eigenvalue weighted by Gasteiger charge is -2.21. The summed E-state index contributed by atoms with van der Waals surface area (Å²) >= 11 is 6.02. The number of carbonyl (C=O) groups is 1. The molecule has 0 spiro atoms. The zero-order valence-corrected chi connectivity index (χ0v) is 12.3. The molecule has 1 fully saturated rings. The molecule has 1 saturated carbocycles. The molecule has 3 N–H and O–H groups in total. The van der Waals surface area contributed by atoms with Crippen molar-refractivity contribution < 1.29 is 4.79 Å². The van der Waals surface area contributed by atoms with Crippen molar-refractivity contribution in [3.8, 4) is 0 Å². The Labute approximate surface area is 124 Å². The van der Waals surface area contributed by atoms with Gasteiger partial charge in [-0.05, 0) is 61.4 Å². The highest BCUT2D eigenvalue weighted by molar-refractivity contribution is 6.30. The first-order valence-corrected chi connectivity index (χ1v) is 7.85. The third-order valence-electron chi connectivity index (χ3n) is 4.80. The van der Waals surface area contributed by atoms with Crippen molar-refractivity contribution >= 4 is 17.5 Å². The molecule has 1 amide bonds. The molecule has 2 aliphatic carbocycles. The number of fused-ring (bicyclic) bond motifs is 1. The summed E-state index contributed by atoms with van der Waals surface area (Å²) in [6, 6.07) is 6.11. The quantitative estimate of drug-likeness (QED) is 0.900. The number of nitrogens with two attached hydrogens (primary N) is 1. The van der Waals surface area contributed by atoms with Crippen LogP contribution < -0.4 is 11.1 Å². The molecule has 0 radical (unpaired) electrons. The van der Waals surface area contributed by atoms with E-state index in [0.29, 0.717) is 12.5 Å². The van der Waals surface area contributed by atoms with Gasteiger partial charge in [0.05, 0.1) is 6.04 Å². The lowest BCUT2D eigenvalue weighted by atomic mass is 9.94. The fourth-order valence-corrected chi connectivity index (χ4v) is 3.87. The lowest BCUT2D eigenvalue weighted by Crippen LogP contribution is -2.36. The number of halogens is 1. The van der Waals surface area contributed by atoms with Crippen LogP contribution in [0.3, 0.4) is 0 Å². The van der Waals surface area contributed by atoms with E-state index >= 15 is 0 Å². The molecule has 0 aromatic heterocycles. The fourth-order valence-electron chi connectivity index (χ4n) is 3.68. The van der Waals surface area contributed by atoms with Crippen molar-refractivity contribution in [3.05, 3.63) is 34.3 Å². The molecule has 1 aromatic rings. The molecule has 20 heavy (non-hydrogen) atoms. The van der Waals surface area contributed by atoms with Crippen LogP contribution in [0.4, 0.5) is 0 Å². The SMILES string of the molecule is NC[C@H]1CCC[C@H]1C(=O)NC1CCc2cc(Cl)ccc21. The minimum atomic E-state index is 0.108. The van der Waals surface area contributed by atoms with E-state index in [4.69, 9.17) is 17.3 Å². The largest absolute Gasteiger partial charge is 0.349 e. The molecule has 4 heteroatoms. The maximum absolute atomic E-state index is 12.5. The van der Waals surface area contributed by atoms with E-state index < -0.39 is 0 Å². The van der Waals surface area contributed by atoms with Crippen molar-refractivity contribution in [2.45, 2.75) is 38.1 Å². The molecule has 1 unspecified atom stereocenters. The summed E-state index contributed by atoms with van der Waals surface area (Å²) in [6.45, 7) is 0.620.